The minimum Gasteiger partial charge on any atom is -0.467 e. The first-order chi connectivity index (χ1) is 12.0. The summed E-state index contributed by atoms with van der Waals surface area (Å²) in [6, 6.07) is 4.77. The summed E-state index contributed by atoms with van der Waals surface area (Å²) >= 11 is 1.18. The Hall–Kier alpha value is -2.88. The lowest BCUT2D eigenvalue weighted by Crippen LogP contribution is -2.39. The molecular formula is C15H16N6O3S. The van der Waals surface area contributed by atoms with Crippen LogP contribution in [0.3, 0.4) is 0 Å². The number of hydrogen-bond donors (Lipinski definition) is 2. The highest BCUT2D eigenvalue weighted by atomic mass is 32.2. The lowest BCUT2D eigenvalue weighted by molar-refractivity contribution is -0.117. The summed E-state index contributed by atoms with van der Waals surface area (Å²) in [7, 11) is 0. The van der Waals surface area contributed by atoms with Crippen molar-refractivity contribution < 1.29 is 14.0 Å². The second-order valence-electron chi connectivity index (χ2n) is 5.26. The summed E-state index contributed by atoms with van der Waals surface area (Å²) < 4.78 is 6.86. The standard InChI is InChI=1S/C15H16N6O3S/c1-9-6-10(2)21-13(17-9)19-20-15(21)25-8-12(22)18-14(23)16-7-11-4-3-5-24-11/h3-6H,7-8H2,1-2H3,(H2,16,18,22,23). The zero-order valence-electron chi connectivity index (χ0n) is 13.6. The van der Waals surface area contributed by atoms with Gasteiger partial charge in [0, 0.05) is 11.4 Å². The number of nitrogens with zero attached hydrogens (tertiary/aromatic N) is 4. The Balaban J connectivity index is 1.53. The van der Waals surface area contributed by atoms with Gasteiger partial charge < -0.3 is 9.73 Å². The van der Waals surface area contributed by atoms with Crippen LogP contribution in [-0.2, 0) is 11.3 Å². The first kappa shape index (κ1) is 17.0. The van der Waals surface area contributed by atoms with Crippen molar-refractivity contribution in [3.63, 3.8) is 0 Å². The molecule has 3 aromatic rings. The maximum absolute atomic E-state index is 11.9. The molecule has 0 saturated carbocycles. The number of urea groups is 1. The Morgan fingerprint density at radius 1 is 1.32 bits per heavy atom. The number of imide groups is 1. The molecule has 0 bridgehead atoms. The zero-order valence-corrected chi connectivity index (χ0v) is 14.5. The van der Waals surface area contributed by atoms with Crippen molar-refractivity contribution in [2.24, 2.45) is 0 Å². The van der Waals surface area contributed by atoms with Gasteiger partial charge in [0.15, 0.2) is 5.16 Å². The normalized spacial score (nSPS) is 10.8. The molecule has 0 saturated heterocycles. The van der Waals surface area contributed by atoms with E-state index in [0.29, 0.717) is 16.7 Å². The molecule has 0 aromatic carbocycles. The number of aromatic nitrogens is 4. The molecule has 3 rings (SSSR count). The van der Waals surface area contributed by atoms with E-state index in [1.165, 1.54) is 18.0 Å². The van der Waals surface area contributed by atoms with Gasteiger partial charge in [-0.1, -0.05) is 11.8 Å². The summed E-state index contributed by atoms with van der Waals surface area (Å²) in [5.74, 6) is 0.681. The molecule has 0 aliphatic heterocycles. The van der Waals surface area contributed by atoms with Crippen LogP contribution in [0.2, 0.25) is 0 Å². The Morgan fingerprint density at radius 3 is 2.92 bits per heavy atom. The van der Waals surface area contributed by atoms with Crippen molar-refractivity contribution in [1.29, 1.82) is 0 Å². The largest absolute Gasteiger partial charge is 0.467 e. The summed E-state index contributed by atoms with van der Waals surface area (Å²) in [5, 5.41) is 13.4. The molecule has 0 radical (unpaired) electrons. The van der Waals surface area contributed by atoms with E-state index in [0.717, 1.165) is 11.4 Å². The van der Waals surface area contributed by atoms with Gasteiger partial charge in [0.2, 0.25) is 5.91 Å². The molecule has 0 atom stereocenters. The Bertz CT molecular complexity index is 906. The van der Waals surface area contributed by atoms with Crippen molar-refractivity contribution >= 4 is 29.5 Å². The number of furan rings is 1. The van der Waals surface area contributed by atoms with Crippen molar-refractivity contribution in [2.45, 2.75) is 25.5 Å². The van der Waals surface area contributed by atoms with Crippen molar-refractivity contribution in [3.05, 3.63) is 41.6 Å². The predicted octanol–water partition coefficient (Wildman–Crippen LogP) is 1.45. The molecule has 0 unspecified atom stereocenters. The van der Waals surface area contributed by atoms with E-state index >= 15 is 0 Å². The first-order valence-corrected chi connectivity index (χ1v) is 8.44. The summed E-state index contributed by atoms with van der Waals surface area (Å²) in [6.07, 6.45) is 1.51. The van der Waals surface area contributed by atoms with Gasteiger partial charge in [0.25, 0.3) is 5.78 Å². The fourth-order valence-electron chi connectivity index (χ4n) is 2.21. The zero-order chi connectivity index (χ0) is 17.8. The van der Waals surface area contributed by atoms with Crippen LogP contribution >= 0.6 is 11.8 Å². The summed E-state index contributed by atoms with van der Waals surface area (Å²) in [6.45, 7) is 4.00. The van der Waals surface area contributed by atoms with Crippen LogP contribution in [0.15, 0.2) is 34.0 Å². The number of aryl methyl sites for hydroxylation is 2. The topological polar surface area (TPSA) is 114 Å². The van der Waals surface area contributed by atoms with Crippen molar-refractivity contribution in [3.8, 4) is 0 Å². The van der Waals surface area contributed by atoms with Crippen LogP contribution in [0.4, 0.5) is 4.79 Å². The van der Waals surface area contributed by atoms with Crippen molar-refractivity contribution in [2.75, 3.05) is 5.75 Å². The summed E-state index contributed by atoms with van der Waals surface area (Å²) in [5.41, 5.74) is 1.77. The third-order valence-electron chi connectivity index (χ3n) is 3.25. The average molecular weight is 360 g/mol. The number of carbonyl (C=O) groups is 2. The van der Waals surface area contributed by atoms with Gasteiger partial charge in [-0.15, -0.1) is 10.2 Å². The Kier molecular flexibility index (Phi) is 4.98. The smallest absolute Gasteiger partial charge is 0.321 e. The fourth-order valence-corrected chi connectivity index (χ4v) is 3.00. The quantitative estimate of drug-likeness (QED) is 0.662. The molecule has 10 heteroatoms. The van der Waals surface area contributed by atoms with Gasteiger partial charge >= 0.3 is 6.03 Å². The molecule has 0 aliphatic rings. The van der Waals surface area contributed by atoms with Gasteiger partial charge in [-0.3, -0.25) is 14.5 Å². The van der Waals surface area contributed by atoms with Crippen molar-refractivity contribution in [1.82, 2.24) is 30.2 Å². The molecule has 130 valence electrons. The lowest BCUT2D eigenvalue weighted by Gasteiger charge is -2.06. The maximum Gasteiger partial charge on any atom is 0.321 e. The van der Waals surface area contributed by atoms with E-state index in [4.69, 9.17) is 4.42 Å². The molecule has 0 spiro atoms. The molecule has 3 heterocycles. The Labute approximate surface area is 147 Å². The lowest BCUT2D eigenvalue weighted by atomic mass is 10.3. The highest BCUT2D eigenvalue weighted by molar-refractivity contribution is 7.99. The van der Waals surface area contributed by atoms with Crippen LogP contribution in [0.1, 0.15) is 17.1 Å². The molecule has 3 aromatic heterocycles. The number of thioether (sulfide) groups is 1. The molecule has 3 amide bonds. The van der Waals surface area contributed by atoms with E-state index in [1.807, 2.05) is 19.9 Å². The number of amides is 3. The van der Waals surface area contributed by atoms with Gasteiger partial charge in [-0.05, 0) is 32.0 Å². The number of rotatable bonds is 5. The van der Waals surface area contributed by atoms with Crippen LogP contribution in [0.25, 0.3) is 5.78 Å². The predicted molar refractivity (Wildman–Crippen MR) is 90.1 cm³/mol. The molecule has 0 fully saturated rings. The number of nitrogens with one attached hydrogen (secondary N) is 2. The molecule has 0 aliphatic carbocycles. The fraction of sp³-hybridized carbons (Fsp3) is 0.267. The summed E-state index contributed by atoms with van der Waals surface area (Å²) in [4.78, 5) is 27.9. The number of carbonyl (C=O) groups excluding carboxylic acids is 2. The van der Waals surface area contributed by atoms with E-state index in [9.17, 15) is 9.59 Å². The van der Waals surface area contributed by atoms with Crippen LogP contribution in [-0.4, -0.2) is 37.3 Å². The van der Waals surface area contributed by atoms with E-state index < -0.39 is 11.9 Å². The second kappa shape index (κ2) is 7.34. The first-order valence-electron chi connectivity index (χ1n) is 7.45. The SMILES string of the molecule is Cc1cc(C)n2c(SCC(=O)NC(=O)NCc3ccco3)nnc2n1. The number of fused-ring (bicyclic) bond motifs is 1. The second-order valence-corrected chi connectivity index (χ2v) is 6.20. The highest BCUT2D eigenvalue weighted by Crippen LogP contribution is 2.18. The third-order valence-corrected chi connectivity index (χ3v) is 4.18. The number of hydrogen-bond acceptors (Lipinski definition) is 7. The third kappa shape index (κ3) is 4.15. The van der Waals surface area contributed by atoms with Crippen LogP contribution in [0, 0.1) is 13.8 Å². The monoisotopic (exact) mass is 360 g/mol. The van der Waals surface area contributed by atoms with Gasteiger partial charge in [-0.2, -0.15) is 0 Å². The van der Waals surface area contributed by atoms with E-state index in [1.54, 1.807) is 16.5 Å². The van der Waals surface area contributed by atoms with E-state index in [-0.39, 0.29) is 12.3 Å². The highest BCUT2D eigenvalue weighted by Gasteiger charge is 2.13. The Morgan fingerprint density at radius 2 is 2.16 bits per heavy atom. The van der Waals surface area contributed by atoms with Gasteiger partial charge in [0.05, 0.1) is 18.6 Å². The van der Waals surface area contributed by atoms with E-state index in [2.05, 4.69) is 25.8 Å². The van der Waals surface area contributed by atoms with Crippen LogP contribution in [0.5, 0.6) is 0 Å². The molecule has 2 N–H and O–H groups in total. The molecule has 9 nitrogen and oxygen atoms in total. The maximum atomic E-state index is 11.9. The average Bonchev–Trinajstić information content (AvgIpc) is 3.20. The molecule has 25 heavy (non-hydrogen) atoms. The van der Waals surface area contributed by atoms with Gasteiger partial charge in [0.1, 0.15) is 5.76 Å². The van der Waals surface area contributed by atoms with Crippen LogP contribution < -0.4 is 10.6 Å². The minimum atomic E-state index is -0.582. The molecular weight excluding hydrogens is 344 g/mol. The van der Waals surface area contributed by atoms with Gasteiger partial charge in [-0.25, -0.2) is 9.78 Å². The minimum absolute atomic E-state index is 0.0300.